The zero-order valence-electron chi connectivity index (χ0n) is 8.74. The zero-order chi connectivity index (χ0) is 11.9. The van der Waals surface area contributed by atoms with Gasteiger partial charge in [-0.3, -0.25) is 0 Å². The molecule has 16 heavy (non-hydrogen) atoms. The third-order valence-corrected chi connectivity index (χ3v) is 4.33. The van der Waals surface area contributed by atoms with Crippen LogP contribution in [0, 0.1) is 6.92 Å². The van der Waals surface area contributed by atoms with Crippen molar-refractivity contribution in [3.05, 3.63) is 34.2 Å². The van der Waals surface area contributed by atoms with Crippen molar-refractivity contribution in [1.82, 2.24) is 0 Å². The van der Waals surface area contributed by atoms with Crippen molar-refractivity contribution < 1.29 is 13.7 Å². The molecule has 5 heteroatoms. The van der Waals surface area contributed by atoms with Gasteiger partial charge in [-0.05, 0) is 19.1 Å². The summed E-state index contributed by atoms with van der Waals surface area (Å²) in [6, 6.07) is 5.37. The van der Waals surface area contributed by atoms with E-state index in [1.54, 1.807) is 6.07 Å². The van der Waals surface area contributed by atoms with Crippen LogP contribution in [0.5, 0.6) is 0 Å². The molecule has 0 N–H and O–H groups in total. The van der Waals surface area contributed by atoms with Crippen LogP contribution >= 0.6 is 11.6 Å². The molecule has 1 aromatic rings. The maximum absolute atomic E-state index is 12.0. The van der Waals surface area contributed by atoms with Gasteiger partial charge in [0.05, 0.1) is 27.8 Å². The van der Waals surface area contributed by atoms with Crippen LogP contribution < -0.4 is 0 Å². The molecule has 2 rings (SSSR count). The Morgan fingerprint density at radius 3 is 2.75 bits per heavy atom. The molecule has 1 aliphatic heterocycles. The van der Waals surface area contributed by atoms with Gasteiger partial charge in [0, 0.05) is 5.56 Å². The van der Waals surface area contributed by atoms with Gasteiger partial charge in [-0.15, -0.1) is 0 Å². The van der Waals surface area contributed by atoms with Crippen LogP contribution in [0.2, 0.25) is 0 Å². The van der Waals surface area contributed by atoms with E-state index in [4.69, 9.17) is 11.6 Å². The van der Waals surface area contributed by atoms with Crippen molar-refractivity contribution in [2.24, 2.45) is 0 Å². The Hall–Kier alpha value is -1.13. The van der Waals surface area contributed by atoms with Crippen molar-refractivity contribution >= 4 is 33.4 Å². The third-order valence-electron chi connectivity index (χ3n) is 2.33. The number of ether oxygens (including phenoxy) is 1. The summed E-state index contributed by atoms with van der Waals surface area (Å²) in [4.78, 5) is 12.0. The maximum atomic E-state index is 12.0. The molecule has 0 saturated carbocycles. The van der Waals surface area contributed by atoms with Gasteiger partial charge in [0.2, 0.25) is 0 Å². The maximum Gasteiger partial charge on any atom is 0.348 e. The number of methoxy groups -OCH3 is 1. The van der Waals surface area contributed by atoms with E-state index in [1.165, 1.54) is 7.11 Å². The standard InChI is InChI=1S/C11H9ClO3S/c1-6-3-4-8-7(5-6)9(12)10(16(8)14)11(13)15-2/h3-5H,1-2H3. The molecule has 84 valence electrons. The largest absolute Gasteiger partial charge is 0.465 e. The van der Waals surface area contributed by atoms with Crippen LogP contribution in [-0.4, -0.2) is 17.3 Å². The Kier molecular flexibility index (Phi) is 2.86. The smallest absolute Gasteiger partial charge is 0.348 e. The Balaban J connectivity index is 2.62. The van der Waals surface area contributed by atoms with E-state index in [2.05, 4.69) is 4.74 Å². The molecule has 3 nitrogen and oxygen atoms in total. The summed E-state index contributed by atoms with van der Waals surface area (Å²) < 4.78 is 16.5. The van der Waals surface area contributed by atoms with Crippen molar-refractivity contribution in [2.45, 2.75) is 11.8 Å². The average Bonchev–Trinajstić information content (AvgIpc) is 2.51. The Morgan fingerprint density at radius 1 is 1.44 bits per heavy atom. The van der Waals surface area contributed by atoms with Gasteiger partial charge in [0.1, 0.15) is 4.91 Å². The minimum Gasteiger partial charge on any atom is -0.465 e. The number of rotatable bonds is 1. The van der Waals surface area contributed by atoms with Gasteiger partial charge in [-0.25, -0.2) is 9.00 Å². The lowest BCUT2D eigenvalue weighted by Gasteiger charge is -1.99. The Bertz CT molecular complexity index is 534. The number of carbonyl (C=O) groups is 1. The molecular formula is C11H9ClO3S. The number of hydrogen-bond donors (Lipinski definition) is 0. The van der Waals surface area contributed by atoms with Gasteiger partial charge in [-0.2, -0.15) is 0 Å². The fourth-order valence-corrected chi connectivity index (χ4v) is 3.33. The highest BCUT2D eigenvalue weighted by Gasteiger charge is 2.32. The highest BCUT2D eigenvalue weighted by molar-refractivity contribution is 7.91. The second-order valence-electron chi connectivity index (χ2n) is 3.40. The summed E-state index contributed by atoms with van der Waals surface area (Å²) in [5.74, 6) is -0.641. The van der Waals surface area contributed by atoms with Crippen molar-refractivity contribution in [3.63, 3.8) is 0 Å². The molecule has 0 bridgehead atoms. The number of halogens is 1. The SMILES string of the molecule is COC(=O)C1=C(Cl)c2cc(C)ccc2S1=O. The van der Waals surface area contributed by atoms with E-state index in [1.807, 2.05) is 19.1 Å². The van der Waals surface area contributed by atoms with Crippen LogP contribution in [0.1, 0.15) is 11.1 Å². The summed E-state index contributed by atoms with van der Waals surface area (Å²) in [6.07, 6.45) is 0. The van der Waals surface area contributed by atoms with E-state index in [-0.39, 0.29) is 9.94 Å². The lowest BCUT2D eigenvalue weighted by molar-refractivity contribution is -0.135. The molecule has 1 unspecified atom stereocenters. The molecule has 0 amide bonds. The molecule has 0 saturated heterocycles. The minimum atomic E-state index is -1.53. The van der Waals surface area contributed by atoms with E-state index in [0.717, 1.165) is 5.56 Å². The number of esters is 1. The van der Waals surface area contributed by atoms with Crippen LogP contribution in [0.15, 0.2) is 28.0 Å². The van der Waals surface area contributed by atoms with E-state index in [0.29, 0.717) is 10.5 Å². The quantitative estimate of drug-likeness (QED) is 0.724. The number of carbonyl (C=O) groups excluding carboxylic acids is 1. The Morgan fingerprint density at radius 2 is 2.12 bits per heavy atom. The fraction of sp³-hybridized carbons (Fsp3) is 0.182. The third kappa shape index (κ3) is 1.58. The van der Waals surface area contributed by atoms with E-state index < -0.39 is 16.8 Å². The van der Waals surface area contributed by atoms with E-state index >= 15 is 0 Å². The normalized spacial score (nSPS) is 18.6. The van der Waals surface area contributed by atoms with Gasteiger partial charge < -0.3 is 4.74 Å². The number of benzene rings is 1. The van der Waals surface area contributed by atoms with Crippen LogP contribution in [0.4, 0.5) is 0 Å². The predicted molar refractivity (Wildman–Crippen MR) is 62.4 cm³/mol. The molecule has 1 heterocycles. The lowest BCUT2D eigenvalue weighted by Crippen LogP contribution is -2.07. The molecule has 0 fully saturated rings. The summed E-state index contributed by atoms with van der Waals surface area (Å²) in [5, 5.41) is 0.226. The molecule has 1 aliphatic rings. The zero-order valence-corrected chi connectivity index (χ0v) is 10.3. The number of aryl methyl sites for hydroxylation is 1. The van der Waals surface area contributed by atoms with Crippen LogP contribution in [0.25, 0.3) is 5.03 Å². The summed E-state index contributed by atoms with van der Waals surface area (Å²) >= 11 is 6.03. The summed E-state index contributed by atoms with van der Waals surface area (Å²) in [6.45, 7) is 1.91. The van der Waals surface area contributed by atoms with Gasteiger partial charge in [0.15, 0.2) is 0 Å². The van der Waals surface area contributed by atoms with Crippen LogP contribution in [-0.2, 0) is 20.3 Å². The molecule has 0 aliphatic carbocycles. The average molecular weight is 257 g/mol. The number of hydrogen-bond acceptors (Lipinski definition) is 3. The lowest BCUT2D eigenvalue weighted by atomic mass is 10.1. The number of fused-ring (bicyclic) bond motifs is 1. The molecular weight excluding hydrogens is 248 g/mol. The first kappa shape index (κ1) is 11.4. The first-order valence-electron chi connectivity index (χ1n) is 4.57. The summed E-state index contributed by atoms with van der Waals surface area (Å²) in [7, 11) is -0.290. The molecule has 0 spiro atoms. The van der Waals surface area contributed by atoms with Crippen molar-refractivity contribution in [3.8, 4) is 0 Å². The monoisotopic (exact) mass is 256 g/mol. The van der Waals surface area contributed by atoms with Gasteiger partial charge >= 0.3 is 5.97 Å². The fourth-order valence-electron chi connectivity index (χ4n) is 1.55. The highest BCUT2D eigenvalue weighted by Crippen LogP contribution is 2.39. The van der Waals surface area contributed by atoms with Crippen LogP contribution in [0.3, 0.4) is 0 Å². The second-order valence-corrected chi connectivity index (χ2v) is 5.17. The van der Waals surface area contributed by atoms with Crippen molar-refractivity contribution in [1.29, 1.82) is 0 Å². The second kappa shape index (κ2) is 4.03. The summed E-state index contributed by atoms with van der Waals surface area (Å²) in [5.41, 5.74) is 1.65. The molecule has 1 atom stereocenters. The first-order chi connectivity index (χ1) is 7.56. The molecule has 0 aromatic heterocycles. The molecule has 0 radical (unpaired) electrons. The van der Waals surface area contributed by atoms with E-state index in [9.17, 15) is 9.00 Å². The topological polar surface area (TPSA) is 43.4 Å². The predicted octanol–water partition coefficient (Wildman–Crippen LogP) is 2.20. The minimum absolute atomic E-state index is 0.0322. The van der Waals surface area contributed by atoms with Gasteiger partial charge in [0.25, 0.3) is 0 Å². The van der Waals surface area contributed by atoms with Crippen molar-refractivity contribution in [2.75, 3.05) is 7.11 Å². The molecule has 1 aromatic carbocycles. The first-order valence-corrected chi connectivity index (χ1v) is 6.10. The Labute approximate surface area is 101 Å². The van der Waals surface area contributed by atoms with Gasteiger partial charge in [-0.1, -0.05) is 23.2 Å². The highest BCUT2D eigenvalue weighted by atomic mass is 35.5.